The first-order valence-electron chi connectivity index (χ1n) is 12.1. The molecule has 0 radical (unpaired) electrons. The Morgan fingerprint density at radius 1 is 1.03 bits per heavy atom. The lowest BCUT2D eigenvalue weighted by Crippen LogP contribution is -2.42. The fourth-order valence-electron chi connectivity index (χ4n) is 5.19. The third kappa shape index (κ3) is 5.24. The highest BCUT2D eigenvalue weighted by Crippen LogP contribution is 2.44. The number of fused-ring (bicyclic) bond motifs is 3. The van der Waals surface area contributed by atoms with Gasteiger partial charge in [-0.05, 0) is 47.9 Å². The predicted molar refractivity (Wildman–Crippen MR) is 128 cm³/mol. The quantitative estimate of drug-likeness (QED) is 0.513. The molecule has 0 aromatic heterocycles. The van der Waals surface area contributed by atoms with Crippen LogP contribution in [0.4, 0.5) is 4.79 Å². The maximum Gasteiger partial charge on any atom is 0.407 e. The number of hydrogen-bond donors (Lipinski definition) is 3. The lowest BCUT2D eigenvalue weighted by Gasteiger charge is -2.20. The molecule has 1 saturated carbocycles. The summed E-state index contributed by atoms with van der Waals surface area (Å²) in [5, 5.41) is 14.9. The van der Waals surface area contributed by atoms with Crippen LogP contribution in [0.3, 0.4) is 0 Å². The molecule has 2 aliphatic rings. The Balaban J connectivity index is 1.29. The summed E-state index contributed by atoms with van der Waals surface area (Å²) in [5.41, 5.74) is 4.64. The molecule has 2 aromatic rings. The second-order valence-corrected chi connectivity index (χ2v) is 9.25. The van der Waals surface area contributed by atoms with Crippen molar-refractivity contribution >= 4 is 18.0 Å². The summed E-state index contributed by atoms with van der Waals surface area (Å²) in [6.07, 6.45) is 2.59. The summed E-state index contributed by atoms with van der Waals surface area (Å²) in [7, 11) is 0. The zero-order chi connectivity index (χ0) is 24.1. The van der Waals surface area contributed by atoms with Gasteiger partial charge in [-0.15, -0.1) is 0 Å². The van der Waals surface area contributed by atoms with E-state index in [4.69, 9.17) is 9.84 Å². The van der Waals surface area contributed by atoms with Gasteiger partial charge in [0.05, 0.1) is 11.8 Å². The van der Waals surface area contributed by atoms with Crippen molar-refractivity contribution in [3.05, 3.63) is 59.7 Å². The van der Waals surface area contributed by atoms with Gasteiger partial charge in [-0.3, -0.25) is 9.59 Å². The monoisotopic (exact) mass is 464 g/mol. The predicted octanol–water partition coefficient (Wildman–Crippen LogP) is 4.31. The van der Waals surface area contributed by atoms with Crippen molar-refractivity contribution in [1.29, 1.82) is 0 Å². The topological polar surface area (TPSA) is 105 Å². The fraction of sp³-hybridized carbons (Fsp3) is 0.444. The number of nitrogens with one attached hydrogen (secondary N) is 2. The second-order valence-electron chi connectivity index (χ2n) is 9.25. The number of hydrogen-bond acceptors (Lipinski definition) is 4. The van der Waals surface area contributed by atoms with Gasteiger partial charge in [-0.1, -0.05) is 61.9 Å². The van der Waals surface area contributed by atoms with E-state index in [1.165, 1.54) is 11.1 Å². The van der Waals surface area contributed by atoms with Gasteiger partial charge in [0, 0.05) is 18.5 Å². The van der Waals surface area contributed by atoms with E-state index in [2.05, 4.69) is 34.9 Å². The molecular formula is C27H32N2O5. The Kier molecular flexibility index (Phi) is 7.50. The molecule has 7 nitrogen and oxygen atoms in total. The average Bonchev–Trinajstić information content (AvgIpc) is 3.43. The summed E-state index contributed by atoms with van der Waals surface area (Å²) >= 11 is 0. The maximum atomic E-state index is 12.8. The van der Waals surface area contributed by atoms with E-state index in [1.807, 2.05) is 31.2 Å². The van der Waals surface area contributed by atoms with Gasteiger partial charge in [0.25, 0.3) is 0 Å². The summed E-state index contributed by atoms with van der Waals surface area (Å²) in [4.78, 5) is 36.4. The highest BCUT2D eigenvalue weighted by atomic mass is 16.5. The number of amides is 2. The minimum Gasteiger partial charge on any atom is -0.481 e. The standard InChI is InChI=1S/C27H32N2O5/c1-2-7-18(25(30)29-19-13-12-17(14-19)26(31)32)15-28-27(33)34-16-24-22-10-5-3-8-20(22)21-9-4-6-11-23(21)24/h3-6,8-11,17-19,24H,2,7,12-16H2,1H3,(H,28,33)(H,29,30)(H,31,32)/t17-,18?,19+/m1/s1. The van der Waals surface area contributed by atoms with Crippen molar-refractivity contribution in [2.45, 2.75) is 51.0 Å². The zero-order valence-corrected chi connectivity index (χ0v) is 19.5. The zero-order valence-electron chi connectivity index (χ0n) is 19.5. The van der Waals surface area contributed by atoms with E-state index in [0.29, 0.717) is 25.7 Å². The molecule has 0 saturated heterocycles. The molecule has 7 heteroatoms. The van der Waals surface area contributed by atoms with Crippen molar-refractivity contribution < 1.29 is 24.2 Å². The highest BCUT2D eigenvalue weighted by molar-refractivity contribution is 5.81. The van der Waals surface area contributed by atoms with E-state index >= 15 is 0 Å². The Morgan fingerprint density at radius 2 is 1.68 bits per heavy atom. The number of aliphatic carboxylic acids is 1. The van der Waals surface area contributed by atoms with Gasteiger partial charge in [-0.25, -0.2) is 4.79 Å². The van der Waals surface area contributed by atoms with E-state index < -0.39 is 18.0 Å². The van der Waals surface area contributed by atoms with Gasteiger partial charge < -0.3 is 20.5 Å². The van der Waals surface area contributed by atoms with Crippen LogP contribution in [-0.4, -0.2) is 42.3 Å². The molecule has 180 valence electrons. The summed E-state index contributed by atoms with van der Waals surface area (Å²) in [6.45, 7) is 2.40. The normalized spacial score (nSPS) is 19.7. The lowest BCUT2D eigenvalue weighted by molar-refractivity contribution is -0.141. The first-order chi connectivity index (χ1) is 16.5. The average molecular weight is 465 g/mol. The van der Waals surface area contributed by atoms with Crippen LogP contribution in [-0.2, 0) is 14.3 Å². The Bertz CT molecular complexity index is 1010. The number of carboxylic acids is 1. The molecule has 0 spiro atoms. The van der Waals surface area contributed by atoms with Crippen LogP contribution < -0.4 is 10.6 Å². The lowest BCUT2D eigenvalue weighted by atomic mass is 9.98. The molecular weight excluding hydrogens is 432 g/mol. The maximum absolute atomic E-state index is 12.8. The van der Waals surface area contributed by atoms with Crippen LogP contribution in [0, 0.1) is 11.8 Å². The molecule has 1 fully saturated rings. The van der Waals surface area contributed by atoms with Crippen LogP contribution in [0.1, 0.15) is 56.1 Å². The second kappa shape index (κ2) is 10.7. The molecule has 2 aromatic carbocycles. The molecule has 4 rings (SSSR count). The van der Waals surface area contributed by atoms with Crippen molar-refractivity contribution in [2.75, 3.05) is 13.2 Å². The van der Waals surface area contributed by atoms with Gasteiger partial charge in [-0.2, -0.15) is 0 Å². The fourth-order valence-corrected chi connectivity index (χ4v) is 5.19. The van der Waals surface area contributed by atoms with Crippen LogP contribution in [0.5, 0.6) is 0 Å². The molecule has 2 amide bonds. The summed E-state index contributed by atoms with van der Waals surface area (Å²) < 4.78 is 5.57. The molecule has 34 heavy (non-hydrogen) atoms. The van der Waals surface area contributed by atoms with E-state index in [-0.39, 0.29) is 36.9 Å². The summed E-state index contributed by atoms with van der Waals surface area (Å²) in [6, 6.07) is 16.2. The smallest absolute Gasteiger partial charge is 0.407 e. The van der Waals surface area contributed by atoms with Crippen LogP contribution in [0.2, 0.25) is 0 Å². The van der Waals surface area contributed by atoms with Gasteiger partial charge in [0.2, 0.25) is 5.91 Å². The molecule has 0 heterocycles. The largest absolute Gasteiger partial charge is 0.481 e. The van der Waals surface area contributed by atoms with Gasteiger partial charge >= 0.3 is 12.1 Å². The highest BCUT2D eigenvalue weighted by Gasteiger charge is 2.32. The molecule has 3 N–H and O–H groups in total. The van der Waals surface area contributed by atoms with Crippen LogP contribution in [0.25, 0.3) is 11.1 Å². The SMILES string of the molecule is CCCC(CNC(=O)OCC1c2ccccc2-c2ccccc21)C(=O)N[C@H]1CC[C@@H](C(=O)O)C1. The van der Waals surface area contributed by atoms with E-state index in [9.17, 15) is 14.4 Å². The van der Waals surface area contributed by atoms with Crippen molar-refractivity contribution in [3.63, 3.8) is 0 Å². The van der Waals surface area contributed by atoms with Gasteiger partial charge in [0.1, 0.15) is 6.61 Å². The number of rotatable bonds is 9. The Morgan fingerprint density at radius 3 is 2.26 bits per heavy atom. The van der Waals surface area contributed by atoms with E-state index in [0.717, 1.165) is 17.5 Å². The number of carbonyl (C=O) groups excluding carboxylic acids is 2. The number of carbonyl (C=O) groups is 3. The molecule has 0 bridgehead atoms. The van der Waals surface area contributed by atoms with Crippen LogP contribution >= 0.6 is 0 Å². The molecule has 0 aliphatic heterocycles. The van der Waals surface area contributed by atoms with Crippen molar-refractivity contribution in [2.24, 2.45) is 11.8 Å². The van der Waals surface area contributed by atoms with E-state index in [1.54, 1.807) is 0 Å². The van der Waals surface area contributed by atoms with Crippen molar-refractivity contribution in [3.8, 4) is 11.1 Å². The van der Waals surface area contributed by atoms with Gasteiger partial charge in [0.15, 0.2) is 0 Å². The number of carboxylic acid groups (broad SMARTS) is 1. The third-order valence-corrected chi connectivity index (χ3v) is 6.97. The number of ether oxygens (including phenoxy) is 1. The van der Waals surface area contributed by atoms with Crippen LogP contribution in [0.15, 0.2) is 48.5 Å². The first kappa shape index (κ1) is 23.8. The Labute approximate surface area is 199 Å². The first-order valence-corrected chi connectivity index (χ1v) is 12.1. The summed E-state index contributed by atoms with van der Waals surface area (Å²) in [5.74, 6) is -1.74. The number of alkyl carbamates (subject to hydrolysis) is 1. The molecule has 2 aliphatic carbocycles. The minimum atomic E-state index is -0.807. The minimum absolute atomic E-state index is 0.0163. The number of benzene rings is 2. The third-order valence-electron chi connectivity index (χ3n) is 6.97. The molecule has 1 unspecified atom stereocenters. The Hall–Kier alpha value is -3.35. The van der Waals surface area contributed by atoms with Crippen molar-refractivity contribution in [1.82, 2.24) is 10.6 Å². The molecule has 3 atom stereocenters.